The monoisotopic (exact) mass is 692 g/mol. The highest BCUT2D eigenvalue weighted by Crippen LogP contribution is 2.18. The van der Waals surface area contributed by atoms with E-state index in [1.165, 1.54) is 96.3 Å². The molecular formula is C43H81NO5. The van der Waals surface area contributed by atoms with Gasteiger partial charge in [-0.1, -0.05) is 141 Å². The summed E-state index contributed by atoms with van der Waals surface area (Å²) < 4.78 is 16.6. The van der Waals surface area contributed by atoms with Gasteiger partial charge in [-0.05, 0) is 91.1 Å². The van der Waals surface area contributed by atoms with Gasteiger partial charge in [-0.2, -0.15) is 0 Å². The summed E-state index contributed by atoms with van der Waals surface area (Å²) in [5.74, 6) is -0.0376. The maximum Gasteiger partial charge on any atom is 0.508 e. The summed E-state index contributed by atoms with van der Waals surface area (Å²) in [7, 11) is 4.04. The molecule has 0 aromatic heterocycles. The van der Waals surface area contributed by atoms with Crippen LogP contribution in [0.4, 0.5) is 4.79 Å². The molecule has 288 valence electrons. The first kappa shape index (κ1) is 47.2. The van der Waals surface area contributed by atoms with E-state index in [1.54, 1.807) is 0 Å². The van der Waals surface area contributed by atoms with Crippen molar-refractivity contribution in [1.29, 1.82) is 0 Å². The van der Waals surface area contributed by atoms with Crippen molar-refractivity contribution >= 4 is 12.1 Å². The quantitative estimate of drug-likeness (QED) is 0.0367. The first-order valence-electron chi connectivity index (χ1n) is 20.9. The van der Waals surface area contributed by atoms with Crippen LogP contribution in [0.25, 0.3) is 0 Å². The van der Waals surface area contributed by atoms with Crippen LogP contribution in [0, 0.1) is 0 Å². The molecule has 0 radical (unpaired) electrons. The van der Waals surface area contributed by atoms with Crippen LogP contribution >= 0.6 is 0 Å². The van der Waals surface area contributed by atoms with Gasteiger partial charge in [0.05, 0.1) is 13.2 Å². The summed E-state index contributed by atoms with van der Waals surface area (Å²) in [5, 5.41) is 0. The van der Waals surface area contributed by atoms with Crippen molar-refractivity contribution in [2.45, 2.75) is 206 Å². The molecule has 0 saturated carbocycles. The molecule has 6 nitrogen and oxygen atoms in total. The van der Waals surface area contributed by atoms with E-state index in [9.17, 15) is 9.59 Å². The molecule has 1 unspecified atom stereocenters. The molecule has 0 N–H and O–H groups in total. The summed E-state index contributed by atoms with van der Waals surface area (Å²) in [6.45, 7) is 6.36. The Morgan fingerprint density at radius 2 is 1.00 bits per heavy atom. The average molecular weight is 692 g/mol. The molecule has 1 atom stereocenters. The zero-order valence-corrected chi connectivity index (χ0v) is 33.0. The number of carbonyl (C=O) groups excluding carboxylic acids is 2. The van der Waals surface area contributed by atoms with Crippen molar-refractivity contribution in [1.82, 2.24) is 4.90 Å². The fourth-order valence-corrected chi connectivity index (χ4v) is 5.99. The van der Waals surface area contributed by atoms with Crippen molar-refractivity contribution in [3.8, 4) is 0 Å². The highest BCUT2D eigenvalue weighted by atomic mass is 16.7. The molecule has 0 saturated heterocycles. The molecule has 0 aromatic rings. The molecule has 0 aliphatic carbocycles. The van der Waals surface area contributed by atoms with Gasteiger partial charge in [0.15, 0.2) is 0 Å². The molecule has 0 aromatic carbocycles. The van der Waals surface area contributed by atoms with Gasteiger partial charge < -0.3 is 19.1 Å². The molecule has 0 bridgehead atoms. The number of carbonyl (C=O) groups is 2. The van der Waals surface area contributed by atoms with Crippen LogP contribution in [0.1, 0.15) is 200 Å². The SMILES string of the molecule is CCCCC/C=C/C/C=C/CCCCCCCC(=O)OCCCCCCCCC(CCCCCCCCCC)OC(=O)OCCCN(C)C. The van der Waals surface area contributed by atoms with Crippen LogP contribution in [-0.4, -0.2) is 57.0 Å². The van der Waals surface area contributed by atoms with E-state index in [1.807, 2.05) is 14.1 Å². The number of allylic oxidation sites excluding steroid dienone is 4. The van der Waals surface area contributed by atoms with Crippen molar-refractivity contribution < 1.29 is 23.8 Å². The number of hydrogen-bond acceptors (Lipinski definition) is 6. The van der Waals surface area contributed by atoms with Gasteiger partial charge >= 0.3 is 12.1 Å². The summed E-state index contributed by atoms with van der Waals surface area (Å²) in [6, 6.07) is 0. The van der Waals surface area contributed by atoms with Crippen molar-refractivity contribution in [3.05, 3.63) is 24.3 Å². The van der Waals surface area contributed by atoms with Crippen LogP contribution in [0.3, 0.4) is 0 Å². The van der Waals surface area contributed by atoms with Gasteiger partial charge in [0, 0.05) is 13.0 Å². The van der Waals surface area contributed by atoms with Crippen LogP contribution in [0.15, 0.2) is 24.3 Å². The Bertz CT molecular complexity index is 765. The minimum Gasteiger partial charge on any atom is -0.466 e. The number of hydrogen-bond donors (Lipinski definition) is 0. The third-order valence-corrected chi connectivity index (χ3v) is 9.13. The van der Waals surface area contributed by atoms with Gasteiger partial charge in [0.25, 0.3) is 0 Å². The third-order valence-electron chi connectivity index (χ3n) is 9.13. The number of rotatable bonds is 37. The summed E-state index contributed by atoms with van der Waals surface area (Å²) in [5.41, 5.74) is 0. The lowest BCUT2D eigenvalue weighted by molar-refractivity contribution is -0.143. The maximum absolute atomic E-state index is 12.3. The third kappa shape index (κ3) is 38.8. The summed E-state index contributed by atoms with van der Waals surface area (Å²) in [6.07, 6.45) is 41.8. The Labute approximate surface area is 304 Å². The highest BCUT2D eigenvalue weighted by molar-refractivity contribution is 5.69. The van der Waals surface area contributed by atoms with E-state index in [4.69, 9.17) is 14.2 Å². The van der Waals surface area contributed by atoms with Crippen molar-refractivity contribution in [2.24, 2.45) is 0 Å². The molecule has 0 aliphatic heterocycles. The van der Waals surface area contributed by atoms with Gasteiger partial charge in [0.1, 0.15) is 6.10 Å². The lowest BCUT2D eigenvalue weighted by atomic mass is 10.0. The Hall–Kier alpha value is -1.82. The maximum atomic E-state index is 12.3. The molecular weight excluding hydrogens is 610 g/mol. The van der Waals surface area contributed by atoms with E-state index >= 15 is 0 Å². The van der Waals surface area contributed by atoms with Crippen LogP contribution in [0.2, 0.25) is 0 Å². The fourth-order valence-electron chi connectivity index (χ4n) is 5.99. The number of esters is 1. The van der Waals surface area contributed by atoms with Crippen molar-refractivity contribution in [2.75, 3.05) is 33.9 Å². The van der Waals surface area contributed by atoms with Crippen molar-refractivity contribution in [3.63, 3.8) is 0 Å². The highest BCUT2D eigenvalue weighted by Gasteiger charge is 2.15. The molecule has 0 fully saturated rings. The predicted octanol–water partition coefficient (Wildman–Crippen LogP) is 13.1. The normalized spacial score (nSPS) is 12.3. The Morgan fingerprint density at radius 3 is 1.59 bits per heavy atom. The van der Waals surface area contributed by atoms with Gasteiger partial charge in [-0.15, -0.1) is 0 Å². The minimum atomic E-state index is -0.506. The fraction of sp³-hybridized carbons (Fsp3) is 0.860. The predicted molar refractivity (Wildman–Crippen MR) is 209 cm³/mol. The minimum absolute atomic E-state index is 0.0376. The number of nitrogens with zero attached hydrogens (tertiary/aromatic N) is 1. The van der Waals surface area contributed by atoms with Gasteiger partial charge in [0.2, 0.25) is 0 Å². The lowest BCUT2D eigenvalue weighted by Gasteiger charge is -2.18. The second-order valence-electron chi connectivity index (χ2n) is 14.4. The molecule has 0 rings (SSSR count). The summed E-state index contributed by atoms with van der Waals surface area (Å²) in [4.78, 5) is 26.5. The average Bonchev–Trinajstić information content (AvgIpc) is 3.08. The molecule has 0 amide bonds. The van der Waals surface area contributed by atoms with Gasteiger partial charge in [-0.3, -0.25) is 4.79 Å². The molecule has 49 heavy (non-hydrogen) atoms. The van der Waals surface area contributed by atoms with Crippen LogP contribution in [0.5, 0.6) is 0 Å². The first-order valence-corrected chi connectivity index (χ1v) is 20.9. The van der Waals surface area contributed by atoms with Crippen LogP contribution in [-0.2, 0) is 19.0 Å². The topological polar surface area (TPSA) is 65.1 Å². The Kier molecular flexibility index (Phi) is 37.5. The van der Waals surface area contributed by atoms with E-state index in [-0.39, 0.29) is 12.1 Å². The second-order valence-corrected chi connectivity index (χ2v) is 14.4. The first-order chi connectivity index (χ1) is 24.0. The zero-order chi connectivity index (χ0) is 35.9. The molecule has 0 spiro atoms. The molecule has 6 heteroatoms. The zero-order valence-electron chi connectivity index (χ0n) is 33.0. The largest absolute Gasteiger partial charge is 0.508 e. The van der Waals surface area contributed by atoms with E-state index < -0.39 is 6.16 Å². The number of unbranched alkanes of at least 4 members (excludes halogenated alkanes) is 20. The second kappa shape index (κ2) is 39.0. The lowest BCUT2D eigenvalue weighted by Crippen LogP contribution is -2.21. The molecule has 0 aliphatic rings. The molecule has 0 heterocycles. The van der Waals surface area contributed by atoms with E-state index in [0.29, 0.717) is 19.6 Å². The summed E-state index contributed by atoms with van der Waals surface area (Å²) >= 11 is 0. The Morgan fingerprint density at radius 1 is 0.531 bits per heavy atom. The standard InChI is InChI=1S/C43H81NO5/c1-5-7-9-11-13-15-16-17-18-19-20-21-23-28-32-37-42(45)47-39-33-29-25-24-27-31-36-41(35-30-26-22-14-12-10-8-6-2)49-43(46)48-40-34-38-44(3)4/h13,15,17-18,41H,5-12,14,16,19-40H2,1-4H3/b15-13+,18-17+. The van der Waals surface area contributed by atoms with Crippen LogP contribution < -0.4 is 0 Å². The van der Waals surface area contributed by atoms with E-state index in [0.717, 1.165) is 90.0 Å². The van der Waals surface area contributed by atoms with Gasteiger partial charge in [-0.25, -0.2) is 4.79 Å². The number of ether oxygens (including phenoxy) is 3. The smallest absolute Gasteiger partial charge is 0.466 e. The van der Waals surface area contributed by atoms with E-state index in [2.05, 4.69) is 43.1 Å². The Balaban J connectivity index is 3.84.